The van der Waals surface area contributed by atoms with Crippen LogP contribution in [0.1, 0.15) is 10.4 Å². The molecule has 0 fully saturated rings. The second kappa shape index (κ2) is 5.41. The van der Waals surface area contributed by atoms with Crippen LogP contribution in [0.25, 0.3) is 10.8 Å². The van der Waals surface area contributed by atoms with Gasteiger partial charge in [-0.25, -0.2) is 0 Å². The van der Waals surface area contributed by atoms with Crippen molar-refractivity contribution in [2.24, 2.45) is 0 Å². The van der Waals surface area contributed by atoms with Gasteiger partial charge in [-0.15, -0.1) is 0 Å². The molecule has 1 N–H and O–H groups in total. The summed E-state index contributed by atoms with van der Waals surface area (Å²) in [5, 5.41) is 4.83. The van der Waals surface area contributed by atoms with E-state index in [0.717, 1.165) is 10.8 Å². The van der Waals surface area contributed by atoms with Crippen molar-refractivity contribution in [3.63, 3.8) is 0 Å². The van der Waals surface area contributed by atoms with Gasteiger partial charge in [-0.3, -0.25) is 9.78 Å². The third-order valence-corrected chi connectivity index (χ3v) is 2.49. The van der Waals surface area contributed by atoms with E-state index < -0.39 is 0 Å². The molecule has 4 nitrogen and oxygen atoms in total. The average molecular weight is 230 g/mol. The molecule has 0 atom stereocenters. The average Bonchev–Trinajstić information content (AvgIpc) is 2.38. The molecule has 2 aromatic rings. The molecule has 0 spiro atoms. The fourth-order valence-corrected chi connectivity index (χ4v) is 1.59. The number of fused-ring (bicyclic) bond motifs is 1. The van der Waals surface area contributed by atoms with Crippen molar-refractivity contribution in [2.75, 3.05) is 20.3 Å². The Bertz CT molecular complexity index is 526. The highest BCUT2D eigenvalue weighted by atomic mass is 16.5. The molecule has 0 radical (unpaired) electrons. The number of carbonyl (C=O) groups is 1. The third-order valence-electron chi connectivity index (χ3n) is 2.49. The van der Waals surface area contributed by atoms with Gasteiger partial charge in [0.25, 0.3) is 5.91 Å². The predicted octanol–water partition coefficient (Wildman–Crippen LogP) is 1.61. The maximum absolute atomic E-state index is 11.8. The smallest absolute Gasteiger partial charge is 0.251 e. The number of hydrogen-bond acceptors (Lipinski definition) is 3. The molecule has 0 saturated heterocycles. The number of ether oxygens (including phenoxy) is 1. The Morgan fingerprint density at radius 2 is 2.24 bits per heavy atom. The van der Waals surface area contributed by atoms with Crippen molar-refractivity contribution < 1.29 is 9.53 Å². The summed E-state index contributed by atoms with van der Waals surface area (Å²) in [5.41, 5.74) is 0.653. The molecule has 0 aliphatic carbocycles. The van der Waals surface area contributed by atoms with Gasteiger partial charge < -0.3 is 10.1 Å². The summed E-state index contributed by atoms with van der Waals surface area (Å²) in [5.74, 6) is -0.0826. The van der Waals surface area contributed by atoms with Gasteiger partial charge in [-0.1, -0.05) is 6.07 Å². The minimum atomic E-state index is -0.0826. The van der Waals surface area contributed by atoms with E-state index in [1.54, 1.807) is 25.6 Å². The number of methoxy groups -OCH3 is 1. The highest BCUT2D eigenvalue weighted by molar-refractivity contribution is 5.98. The lowest BCUT2D eigenvalue weighted by Crippen LogP contribution is -2.26. The lowest BCUT2D eigenvalue weighted by molar-refractivity contribution is 0.0937. The number of nitrogens with one attached hydrogen (secondary N) is 1. The van der Waals surface area contributed by atoms with Crippen LogP contribution >= 0.6 is 0 Å². The lowest BCUT2D eigenvalue weighted by Gasteiger charge is -2.05. The van der Waals surface area contributed by atoms with E-state index in [2.05, 4.69) is 10.3 Å². The highest BCUT2D eigenvalue weighted by Crippen LogP contribution is 2.14. The van der Waals surface area contributed by atoms with Gasteiger partial charge in [0, 0.05) is 37.0 Å². The summed E-state index contributed by atoms with van der Waals surface area (Å²) in [6.45, 7) is 1.03. The second-order valence-electron chi connectivity index (χ2n) is 3.69. The number of aromatic nitrogens is 1. The summed E-state index contributed by atoms with van der Waals surface area (Å²) < 4.78 is 4.88. The number of rotatable bonds is 4. The van der Waals surface area contributed by atoms with E-state index in [1.165, 1.54) is 0 Å². The van der Waals surface area contributed by atoms with Crippen LogP contribution in [0.15, 0.2) is 36.7 Å². The molecule has 1 amide bonds. The van der Waals surface area contributed by atoms with Gasteiger partial charge >= 0.3 is 0 Å². The molecule has 1 aromatic carbocycles. The number of benzene rings is 1. The van der Waals surface area contributed by atoms with Gasteiger partial charge in [0.05, 0.1) is 6.61 Å². The van der Waals surface area contributed by atoms with Gasteiger partial charge in [0.1, 0.15) is 0 Å². The number of pyridine rings is 1. The van der Waals surface area contributed by atoms with E-state index in [4.69, 9.17) is 4.74 Å². The molecule has 0 saturated carbocycles. The number of carbonyl (C=O) groups excluding carboxylic acids is 1. The predicted molar refractivity (Wildman–Crippen MR) is 66.0 cm³/mol. The third kappa shape index (κ3) is 2.79. The first kappa shape index (κ1) is 11.5. The molecule has 2 rings (SSSR count). The normalized spacial score (nSPS) is 10.4. The Balaban J connectivity index is 2.15. The molecule has 0 bridgehead atoms. The minimum absolute atomic E-state index is 0.0826. The first-order valence-corrected chi connectivity index (χ1v) is 5.42. The van der Waals surface area contributed by atoms with Crippen molar-refractivity contribution >= 4 is 16.7 Å². The van der Waals surface area contributed by atoms with Crippen LogP contribution in [0.5, 0.6) is 0 Å². The monoisotopic (exact) mass is 230 g/mol. The van der Waals surface area contributed by atoms with Crippen LogP contribution in [-0.2, 0) is 4.74 Å². The number of nitrogens with zero attached hydrogens (tertiary/aromatic N) is 1. The van der Waals surface area contributed by atoms with Gasteiger partial charge in [0.2, 0.25) is 0 Å². The Morgan fingerprint density at radius 3 is 3.06 bits per heavy atom. The Hall–Kier alpha value is -1.94. The van der Waals surface area contributed by atoms with Crippen LogP contribution < -0.4 is 5.32 Å². The van der Waals surface area contributed by atoms with Crippen molar-refractivity contribution in [3.8, 4) is 0 Å². The summed E-state index contributed by atoms with van der Waals surface area (Å²) in [6, 6.07) is 7.44. The van der Waals surface area contributed by atoms with E-state index in [0.29, 0.717) is 18.7 Å². The zero-order valence-electron chi connectivity index (χ0n) is 9.64. The van der Waals surface area contributed by atoms with Crippen molar-refractivity contribution in [3.05, 3.63) is 42.2 Å². The quantitative estimate of drug-likeness (QED) is 0.812. The maximum atomic E-state index is 11.8. The summed E-state index contributed by atoms with van der Waals surface area (Å²) in [7, 11) is 1.61. The maximum Gasteiger partial charge on any atom is 0.251 e. The standard InChI is InChI=1S/C13H14N2O2/c1-17-7-6-15-13(16)11-2-3-12-9-14-5-4-10(12)8-11/h2-5,8-9H,6-7H2,1H3,(H,15,16). The first-order valence-electron chi connectivity index (χ1n) is 5.42. The largest absolute Gasteiger partial charge is 0.383 e. The van der Waals surface area contributed by atoms with Crippen molar-refractivity contribution in [2.45, 2.75) is 0 Å². The van der Waals surface area contributed by atoms with Gasteiger partial charge in [-0.05, 0) is 23.6 Å². The van der Waals surface area contributed by atoms with Crippen LogP contribution in [0.2, 0.25) is 0 Å². The van der Waals surface area contributed by atoms with E-state index in [1.807, 2.05) is 18.2 Å². The number of hydrogen-bond donors (Lipinski definition) is 1. The van der Waals surface area contributed by atoms with Gasteiger partial charge in [0.15, 0.2) is 0 Å². The minimum Gasteiger partial charge on any atom is -0.383 e. The molecule has 0 aliphatic rings. The zero-order chi connectivity index (χ0) is 12.1. The molecule has 0 aliphatic heterocycles. The Morgan fingerprint density at radius 1 is 1.35 bits per heavy atom. The topological polar surface area (TPSA) is 51.2 Å². The molecule has 88 valence electrons. The summed E-state index contributed by atoms with van der Waals surface area (Å²) >= 11 is 0. The van der Waals surface area contributed by atoms with Gasteiger partial charge in [-0.2, -0.15) is 0 Å². The number of amides is 1. The first-order chi connectivity index (χ1) is 8.31. The summed E-state index contributed by atoms with van der Waals surface area (Å²) in [4.78, 5) is 15.8. The Kier molecular flexibility index (Phi) is 3.67. The fraction of sp³-hybridized carbons (Fsp3) is 0.231. The SMILES string of the molecule is COCCNC(=O)c1ccc2cnccc2c1. The molecular formula is C13H14N2O2. The van der Waals surface area contributed by atoms with Crippen molar-refractivity contribution in [1.82, 2.24) is 10.3 Å². The van der Waals surface area contributed by atoms with E-state index >= 15 is 0 Å². The van der Waals surface area contributed by atoms with Crippen LogP contribution in [-0.4, -0.2) is 31.2 Å². The molecule has 4 heteroatoms. The highest BCUT2D eigenvalue weighted by Gasteiger charge is 2.05. The lowest BCUT2D eigenvalue weighted by atomic mass is 10.1. The van der Waals surface area contributed by atoms with Crippen LogP contribution in [0.4, 0.5) is 0 Å². The second-order valence-corrected chi connectivity index (χ2v) is 3.69. The van der Waals surface area contributed by atoms with E-state index in [-0.39, 0.29) is 5.91 Å². The molecular weight excluding hydrogens is 216 g/mol. The molecule has 1 heterocycles. The van der Waals surface area contributed by atoms with E-state index in [9.17, 15) is 4.79 Å². The molecule has 17 heavy (non-hydrogen) atoms. The molecule has 1 aromatic heterocycles. The fourth-order valence-electron chi connectivity index (χ4n) is 1.59. The van der Waals surface area contributed by atoms with Crippen molar-refractivity contribution in [1.29, 1.82) is 0 Å². The van der Waals surface area contributed by atoms with Crippen LogP contribution in [0, 0.1) is 0 Å². The zero-order valence-corrected chi connectivity index (χ0v) is 9.64. The Labute approximate surface area is 99.6 Å². The van der Waals surface area contributed by atoms with Crippen LogP contribution in [0.3, 0.4) is 0 Å². The molecule has 0 unspecified atom stereocenters. The summed E-state index contributed by atoms with van der Waals surface area (Å²) in [6.07, 6.45) is 3.50.